The highest BCUT2D eigenvalue weighted by Crippen LogP contribution is 2.12. The molecular formula is C28H49N7O9. The Kier molecular flexibility index (Phi) is 16.6. The van der Waals surface area contributed by atoms with Crippen LogP contribution >= 0.6 is 0 Å². The molecule has 0 bridgehead atoms. The Morgan fingerprint density at radius 3 is 1.41 bits per heavy atom. The van der Waals surface area contributed by atoms with Gasteiger partial charge in [-0.15, -0.1) is 0 Å². The van der Waals surface area contributed by atoms with Gasteiger partial charge in [-0.1, -0.05) is 0 Å². The summed E-state index contributed by atoms with van der Waals surface area (Å²) in [6.07, 6.45) is 3.63. The van der Waals surface area contributed by atoms with Gasteiger partial charge in [0.25, 0.3) is 0 Å². The van der Waals surface area contributed by atoms with E-state index < -0.39 is 23.9 Å². The zero-order chi connectivity index (χ0) is 32.5. The predicted octanol–water partition coefficient (Wildman–Crippen LogP) is -2.12. The summed E-state index contributed by atoms with van der Waals surface area (Å²) in [5, 5.41) is 33.6. The number of nitrogens with zero attached hydrogens (tertiary/aromatic N) is 5. The lowest BCUT2D eigenvalue weighted by Crippen LogP contribution is -2.49. The summed E-state index contributed by atoms with van der Waals surface area (Å²) in [7, 11) is 0. The molecule has 2 heterocycles. The Labute approximate surface area is 258 Å². The van der Waals surface area contributed by atoms with Crippen LogP contribution in [0, 0.1) is 0 Å². The van der Waals surface area contributed by atoms with Crippen LogP contribution in [0.5, 0.6) is 0 Å². The summed E-state index contributed by atoms with van der Waals surface area (Å²) in [5.74, 6) is -3.61. The number of hydrogen-bond acceptors (Lipinski definition) is 10. The quantitative estimate of drug-likeness (QED) is 0.123. The molecule has 2 fully saturated rings. The van der Waals surface area contributed by atoms with Crippen molar-refractivity contribution in [1.29, 1.82) is 0 Å². The smallest absolute Gasteiger partial charge is 0.317 e. The molecule has 16 nitrogen and oxygen atoms in total. The van der Waals surface area contributed by atoms with E-state index in [1.807, 2.05) is 4.90 Å². The molecule has 0 aliphatic carbocycles. The number of unbranched alkanes of at least 4 members (excludes halogenated alkanes) is 1. The molecule has 250 valence electrons. The molecule has 3 amide bonds. The van der Waals surface area contributed by atoms with E-state index in [0.29, 0.717) is 91.3 Å². The molecule has 0 saturated carbocycles. The second kappa shape index (κ2) is 19.8. The van der Waals surface area contributed by atoms with Gasteiger partial charge in [0, 0.05) is 78.9 Å². The van der Waals surface area contributed by atoms with Crippen LogP contribution in [0.15, 0.2) is 0 Å². The molecule has 0 spiro atoms. The lowest BCUT2D eigenvalue weighted by atomic mass is 10.1. The summed E-state index contributed by atoms with van der Waals surface area (Å²) in [4.78, 5) is 80.2. The summed E-state index contributed by atoms with van der Waals surface area (Å²) in [6, 6.07) is -0.581. The van der Waals surface area contributed by atoms with Crippen LogP contribution in [-0.2, 0) is 28.8 Å². The normalized spacial score (nSPS) is 19.0. The number of nitrogens with one attached hydrogen (secondary N) is 2. The summed E-state index contributed by atoms with van der Waals surface area (Å²) < 4.78 is 0. The van der Waals surface area contributed by atoms with Gasteiger partial charge in [-0.25, -0.2) is 0 Å². The Morgan fingerprint density at radius 2 is 1.02 bits per heavy atom. The van der Waals surface area contributed by atoms with Gasteiger partial charge in [-0.3, -0.25) is 48.4 Å². The van der Waals surface area contributed by atoms with E-state index in [-0.39, 0.29) is 43.9 Å². The van der Waals surface area contributed by atoms with E-state index in [4.69, 9.17) is 0 Å². The third-order valence-electron chi connectivity index (χ3n) is 7.71. The first kappa shape index (κ1) is 36.8. The van der Waals surface area contributed by atoms with Crippen LogP contribution in [0.2, 0.25) is 0 Å². The van der Waals surface area contributed by atoms with Crippen molar-refractivity contribution < 1.29 is 44.1 Å². The first-order valence-electron chi connectivity index (χ1n) is 15.3. The van der Waals surface area contributed by atoms with Gasteiger partial charge in [0.1, 0.15) is 6.04 Å². The topological polar surface area (TPSA) is 203 Å². The number of amides is 3. The average Bonchev–Trinajstić information content (AvgIpc) is 3.47. The van der Waals surface area contributed by atoms with Crippen molar-refractivity contribution in [2.24, 2.45) is 0 Å². The van der Waals surface area contributed by atoms with E-state index in [1.54, 1.807) is 19.6 Å². The lowest BCUT2D eigenvalue weighted by molar-refractivity contribution is -0.140. The van der Waals surface area contributed by atoms with Crippen LogP contribution in [0.3, 0.4) is 0 Å². The Balaban J connectivity index is 1.92. The second-order valence-corrected chi connectivity index (χ2v) is 11.4. The molecule has 2 rings (SSSR count). The molecule has 44 heavy (non-hydrogen) atoms. The molecule has 2 aliphatic rings. The summed E-state index contributed by atoms with van der Waals surface area (Å²) in [6.45, 7) is 5.09. The number of carbonyl (C=O) groups excluding carboxylic acids is 3. The average molecular weight is 628 g/mol. The molecule has 0 aromatic heterocycles. The minimum Gasteiger partial charge on any atom is -0.480 e. The number of carboxylic acids is 3. The number of rotatable bonds is 15. The third-order valence-corrected chi connectivity index (χ3v) is 7.71. The van der Waals surface area contributed by atoms with Gasteiger partial charge in [0.05, 0.1) is 26.2 Å². The van der Waals surface area contributed by atoms with Crippen molar-refractivity contribution in [3.63, 3.8) is 0 Å². The minimum absolute atomic E-state index is 0.0366. The molecule has 5 N–H and O–H groups in total. The number of likely N-dealkylation sites (tertiary alicyclic amines) is 1. The fourth-order valence-corrected chi connectivity index (χ4v) is 5.41. The van der Waals surface area contributed by atoms with E-state index >= 15 is 0 Å². The fourth-order valence-electron chi connectivity index (χ4n) is 5.41. The molecule has 16 heteroatoms. The van der Waals surface area contributed by atoms with E-state index in [2.05, 4.69) is 10.6 Å². The molecule has 1 atom stereocenters. The highest BCUT2D eigenvalue weighted by atomic mass is 16.4. The van der Waals surface area contributed by atoms with Crippen molar-refractivity contribution in [3.05, 3.63) is 0 Å². The van der Waals surface area contributed by atoms with Crippen LogP contribution in [0.25, 0.3) is 0 Å². The highest BCUT2D eigenvalue weighted by Gasteiger charge is 2.27. The van der Waals surface area contributed by atoms with Crippen LogP contribution < -0.4 is 10.6 Å². The van der Waals surface area contributed by atoms with Crippen molar-refractivity contribution >= 4 is 35.6 Å². The maximum absolute atomic E-state index is 12.8. The number of carbonyl (C=O) groups is 6. The molecule has 0 aromatic rings. The lowest BCUT2D eigenvalue weighted by Gasteiger charge is -2.32. The van der Waals surface area contributed by atoms with E-state index in [0.717, 1.165) is 12.8 Å². The summed E-state index contributed by atoms with van der Waals surface area (Å²) >= 11 is 0. The van der Waals surface area contributed by atoms with Crippen LogP contribution in [0.4, 0.5) is 0 Å². The van der Waals surface area contributed by atoms with E-state index in [9.17, 15) is 44.1 Å². The number of carboxylic acid groups (broad SMARTS) is 3. The van der Waals surface area contributed by atoms with Gasteiger partial charge < -0.3 is 30.9 Å². The SMILES string of the molecule is CC(=O)N[C@@H](CCCCNC(=O)CN1CCN(CC(=O)O)CCN(CC(=O)O)CCN(CC(=O)O)CC1)C(=O)N1CCCC1. The highest BCUT2D eigenvalue weighted by molar-refractivity contribution is 5.87. The van der Waals surface area contributed by atoms with Gasteiger partial charge >= 0.3 is 17.9 Å². The predicted molar refractivity (Wildman–Crippen MR) is 159 cm³/mol. The molecular weight excluding hydrogens is 578 g/mol. The van der Waals surface area contributed by atoms with Gasteiger partial charge in [-0.2, -0.15) is 0 Å². The van der Waals surface area contributed by atoms with Crippen LogP contribution in [0.1, 0.15) is 39.0 Å². The molecule has 0 radical (unpaired) electrons. The van der Waals surface area contributed by atoms with Crippen molar-refractivity contribution in [2.45, 2.75) is 45.1 Å². The molecule has 2 saturated heterocycles. The maximum atomic E-state index is 12.8. The molecule has 0 aromatic carbocycles. The minimum atomic E-state index is -1.02. The van der Waals surface area contributed by atoms with Gasteiger partial charge in [0.15, 0.2) is 0 Å². The van der Waals surface area contributed by atoms with Gasteiger partial charge in [0.2, 0.25) is 17.7 Å². The Morgan fingerprint density at radius 1 is 0.614 bits per heavy atom. The first-order chi connectivity index (χ1) is 20.9. The largest absolute Gasteiger partial charge is 0.480 e. The first-order valence-corrected chi connectivity index (χ1v) is 15.3. The number of aliphatic carboxylic acids is 3. The Bertz CT molecular complexity index is 945. The standard InChI is InChI=1S/C28H49N7O9/c1-22(36)30-23(28(44)35-8-4-5-9-35)6-2-3-7-29-24(37)18-31-10-12-32(19-25(38)39)14-16-34(21-27(42)43)17-15-33(13-11-31)20-26(40)41/h23H,2-21H2,1H3,(H,29,37)(H,30,36)(H,38,39)(H,40,41)(H,42,43)/t23-/m0/s1. The molecule has 0 unspecified atom stereocenters. The Hall–Kier alpha value is -3.34. The van der Waals surface area contributed by atoms with Crippen molar-refractivity contribution in [1.82, 2.24) is 35.1 Å². The zero-order valence-corrected chi connectivity index (χ0v) is 25.7. The van der Waals surface area contributed by atoms with Crippen molar-refractivity contribution in [2.75, 3.05) is 98.2 Å². The maximum Gasteiger partial charge on any atom is 0.317 e. The zero-order valence-electron chi connectivity index (χ0n) is 25.7. The fraction of sp³-hybridized carbons (Fsp3) is 0.786. The molecule has 2 aliphatic heterocycles. The van der Waals surface area contributed by atoms with Crippen LogP contribution in [-0.4, -0.2) is 180 Å². The third kappa shape index (κ3) is 15.4. The van der Waals surface area contributed by atoms with E-state index in [1.165, 1.54) is 6.92 Å². The summed E-state index contributed by atoms with van der Waals surface area (Å²) in [5.41, 5.74) is 0. The van der Waals surface area contributed by atoms with Gasteiger partial charge in [-0.05, 0) is 32.1 Å². The number of hydrogen-bond donors (Lipinski definition) is 5. The van der Waals surface area contributed by atoms with Crippen molar-refractivity contribution in [3.8, 4) is 0 Å². The second-order valence-electron chi connectivity index (χ2n) is 11.4. The monoisotopic (exact) mass is 627 g/mol.